The topological polar surface area (TPSA) is 87.6 Å². The third-order valence-electron chi connectivity index (χ3n) is 4.67. The average molecular weight is 434 g/mol. The first-order valence-corrected chi connectivity index (χ1v) is 11.0. The lowest BCUT2D eigenvalue weighted by atomic mass is 10.1. The number of benzene rings is 2. The number of aliphatic hydroxyl groups excluding tert-OH is 1. The van der Waals surface area contributed by atoms with Crippen LogP contribution in [0.2, 0.25) is 0 Å². The van der Waals surface area contributed by atoms with Gasteiger partial charge in [0, 0.05) is 0 Å². The van der Waals surface area contributed by atoms with Gasteiger partial charge in [0.15, 0.2) is 5.16 Å². The lowest BCUT2D eigenvalue weighted by molar-refractivity contribution is 0.402. The molecule has 30 heavy (non-hydrogen) atoms. The van der Waals surface area contributed by atoms with Crippen molar-refractivity contribution in [3.63, 3.8) is 0 Å². The molecule has 0 aliphatic heterocycles. The summed E-state index contributed by atoms with van der Waals surface area (Å²) >= 11 is 2.74. The number of aryl methyl sites for hydroxylation is 2. The van der Waals surface area contributed by atoms with Crippen LogP contribution in [0.15, 0.2) is 59.7 Å². The lowest BCUT2D eigenvalue weighted by Gasteiger charge is -2.14. The first-order chi connectivity index (χ1) is 14.5. The maximum absolute atomic E-state index is 10.9. The van der Waals surface area contributed by atoms with Crippen LogP contribution in [0, 0.1) is 25.2 Å². The summed E-state index contributed by atoms with van der Waals surface area (Å²) in [5, 5.41) is 29.6. The normalized spacial score (nSPS) is 13.1. The molecule has 8 heteroatoms. The minimum Gasteiger partial charge on any atom is -0.510 e. The number of nitriles is 1. The van der Waals surface area contributed by atoms with E-state index in [-0.39, 0.29) is 11.3 Å². The molecule has 1 atom stereocenters. The number of hydrogen-bond acceptors (Lipinski definition) is 7. The zero-order valence-electron chi connectivity index (χ0n) is 16.7. The molecule has 4 rings (SSSR count). The molecule has 4 aromatic rings. The highest BCUT2D eigenvalue weighted by Crippen LogP contribution is 2.33. The van der Waals surface area contributed by atoms with Crippen molar-refractivity contribution in [1.82, 2.24) is 19.7 Å². The average Bonchev–Trinajstić information content (AvgIpc) is 3.35. The van der Waals surface area contributed by atoms with Gasteiger partial charge in [-0.1, -0.05) is 41.6 Å². The number of nitrogens with zero attached hydrogens (tertiary/aromatic N) is 5. The zero-order chi connectivity index (χ0) is 21.3. The number of aliphatic hydroxyl groups is 1. The highest BCUT2D eigenvalue weighted by atomic mass is 32.2. The predicted molar refractivity (Wildman–Crippen MR) is 121 cm³/mol. The van der Waals surface area contributed by atoms with E-state index < -0.39 is 5.25 Å². The largest absolute Gasteiger partial charge is 0.510 e. The molecule has 2 aromatic carbocycles. The van der Waals surface area contributed by atoms with Crippen LogP contribution in [0.3, 0.4) is 0 Å². The fourth-order valence-electron chi connectivity index (χ4n) is 3.16. The summed E-state index contributed by atoms with van der Waals surface area (Å²) in [6.45, 7) is 5.93. The van der Waals surface area contributed by atoms with Crippen LogP contribution in [-0.4, -0.2) is 30.1 Å². The minimum absolute atomic E-state index is 0.0169. The van der Waals surface area contributed by atoms with E-state index in [1.807, 2.05) is 54.8 Å². The molecule has 6 nitrogen and oxygen atoms in total. The Kier molecular flexibility index (Phi) is 5.57. The Balaban J connectivity index is 1.66. The Morgan fingerprint density at radius 1 is 1.23 bits per heavy atom. The van der Waals surface area contributed by atoms with Crippen molar-refractivity contribution in [1.29, 1.82) is 5.26 Å². The van der Waals surface area contributed by atoms with Gasteiger partial charge >= 0.3 is 0 Å². The van der Waals surface area contributed by atoms with E-state index in [4.69, 9.17) is 0 Å². The molecule has 0 saturated heterocycles. The zero-order valence-corrected chi connectivity index (χ0v) is 18.3. The van der Waals surface area contributed by atoms with Crippen LogP contribution >= 0.6 is 23.1 Å². The molecule has 0 fully saturated rings. The third-order valence-corrected chi connectivity index (χ3v) is 6.79. The van der Waals surface area contributed by atoms with Crippen molar-refractivity contribution in [2.45, 2.75) is 31.2 Å². The second kappa shape index (κ2) is 8.30. The van der Waals surface area contributed by atoms with Gasteiger partial charge in [-0.3, -0.25) is 4.57 Å². The van der Waals surface area contributed by atoms with Gasteiger partial charge in [-0.05, 0) is 44.5 Å². The fourth-order valence-corrected chi connectivity index (χ4v) is 5.03. The molecule has 150 valence electrons. The third kappa shape index (κ3) is 3.82. The summed E-state index contributed by atoms with van der Waals surface area (Å²) in [7, 11) is 0. The van der Waals surface area contributed by atoms with E-state index in [0.717, 1.165) is 21.5 Å². The van der Waals surface area contributed by atoms with E-state index in [1.54, 1.807) is 6.33 Å². The molecular weight excluding hydrogens is 414 g/mol. The molecule has 0 bridgehead atoms. The summed E-state index contributed by atoms with van der Waals surface area (Å²) in [5.41, 5.74) is 4.27. The Labute approximate surface area is 182 Å². The van der Waals surface area contributed by atoms with Crippen molar-refractivity contribution in [2.24, 2.45) is 0 Å². The van der Waals surface area contributed by atoms with Crippen molar-refractivity contribution >= 4 is 38.9 Å². The number of thioether (sulfide) groups is 1. The number of rotatable bonds is 5. The summed E-state index contributed by atoms with van der Waals surface area (Å²) in [6, 6.07) is 16.0. The number of allylic oxidation sites excluding steroid dienone is 1. The van der Waals surface area contributed by atoms with Crippen LogP contribution in [0.25, 0.3) is 21.5 Å². The molecule has 0 aliphatic rings. The first kappa shape index (κ1) is 20.1. The summed E-state index contributed by atoms with van der Waals surface area (Å²) in [6.07, 6.45) is 1.66. The Hall–Kier alpha value is -3.15. The van der Waals surface area contributed by atoms with Crippen LogP contribution in [0.1, 0.15) is 23.1 Å². The van der Waals surface area contributed by atoms with Gasteiger partial charge in [-0.2, -0.15) is 5.26 Å². The highest BCUT2D eigenvalue weighted by molar-refractivity contribution is 7.99. The number of para-hydroxylation sites is 1. The van der Waals surface area contributed by atoms with E-state index in [2.05, 4.69) is 34.2 Å². The number of aromatic nitrogens is 4. The van der Waals surface area contributed by atoms with Crippen molar-refractivity contribution < 1.29 is 5.11 Å². The summed E-state index contributed by atoms with van der Waals surface area (Å²) in [4.78, 5) is 4.51. The van der Waals surface area contributed by atoms with Crippen LogP contribution in [0.4, 0.5) is 0 Å². The van der Waals surface area contributed by atoms with Crippen LogP contribution in [0.5, 0.6) is 0 Å². The second-order valence-corrected chi connectivity index (χ2v) is 9.23. The molecule has 0 aliphatic carbocycles. The maximum Gasteiger partial charge on any atom is 0.196 e. The van der Waals surface area contributed by atoms with Gasteiger partial charge in [0.25, 0.3) is 0 Å². The van der Waals surface area contributed by atoms with Gasteiger partial charge in [0.2, 0.25) is 0 Å². The van der Waals surface area contributed by atoms with Crippen molar-refractivity contribution in [2.75, 3.05) is 0 Å². The number of thiazole rings is 1. The second-order valence-electron chi connectivity index (χ2n) is 6.89. The highest BCUT2D eigenvalue weighted by Gasteiger charge is 2.22. The van der Waals surface area contributed by atoms with Gasteiger partial charge in [0.05, 0.1) is 21.2 Å². The maximum atomic E-state index is 10.9. The van der Waals surface area contributed by atoms with Gasteiger partial charge < -0.3 is 5.11 Å². The monoisotopic (exact) mass is 433 g/mol. The molecule has 1 N–H and O–H groups in total. The van der Waals surface area contributed by atoms with Crippen molar-refractivity contribution in [3.8, 4) is 11.8 Å². The molecule has 0 amide bonds. The fraction of sp³-hybridized carbons (Fsp3) is 0.182. The summed E-state index contributed by atoms with van der Waals surface area (Å²) < 4.78 is 2.87. The Morgan fingerprint density at radius 2 is 2.03 bits per heavy atom. The predicted octanol–water partition coefficient (Wildman–Crippen LogP) is 5.47. The smallest absolute Gasteiger partial charge is 0.196 e. The van der Waals surface area contributed by atoms with Crippen molar-refractivity contribution in [3.05, 3.63) is 70.7 Å². The van der Waals surface area contributed by atoms with Gasteiger partial charge in [-0.25, -0.2) is 4.98 Å². The molecule has 1 unspecified atom stereocenters. The summed E-state index contributed by atoms with van der Waals surface area (Å²) in [5.74, 6) is -0.0169. The number of fused-ring (bicyclic) bond motifs is 1. The van der Waals surface area contributed by atoms with Gasteiger partial charge in [-0.15, -0.1) is 21.5 Å². The van der Waals surface area contributed by atoms with Crippen LogP contribution < -0.4 is 0 Å². The molecule has 0 saturated carbocycles. The quantitative estimate of drug-likeness (QED) is 0.255. The van der Waals surface area contributed by atoms with E-state index >= 15 is 0 Å². The first-order valence-electron chi connectivity index (χ1n) is 9.31. The van der Waals surface area contributed by atoms with Gasteiger partial charge in [0.1, 0.15) is 28.7 Å². The lowest BCUT2D eigenvalue weighted by Crippen LogP contribution is -2.07. The molecule has 0 spiro atoms. The minimum atomic E-state index is -0.402. The molecular formula is C22H19N5OS2. The SMILES string of the molecule is Cc1ccc(-n2cnnc2SC(C)/C(O)=C(\C#N)c2nc3ccccc3s2)c(C)c1. The molecule has 2 heterocycles. The molecule has 2 aromatic heterocycles. The molecule has 0 radical (unpaired) electrons. The van der Waals surface area contributed by atoms with E-state index in [0.29, 0.717) is 10.2 Å². The Morgan fingerprint density at radius 3 is 2.77 bits per heavy atom. The van der Waals surface area contributed by atoms with Crippen LogP contribution in [-0.2, 0) is 0 Å². The standard InChI is InChI=1S/C22H19N5OS2/c1-13-8-9-18(14(2)10-13)27-12-24-26-22(27)29-15(3)20(28)16(11-23)21-25-17-6-4-5-7-19(17)30-21/h4-10,12,15,28H,1-3H3/b20-16-. The Bertz CT molecular complexity index is 1270. The van der Waals surface area contributed by atoms with E-state index in [9.17, 15) is 10.4 Å². The van der Waals surface area contributed by atoms with E-state index in [1.165, 1.54) is 28.7 Å². The number of hydrogen-bond donors (Lipinski definition) is 1.